The Morgan fingerprint density at radius 1 is 1.24 bits per heavy atom. The highest BCUT2D eigenvalue weighted by molar-refractivity contribution is 5.94. The molecular formula is C19H27N3O3. The summed E-state index contributed by atoms with van der Waals surface area (Å²) in [5.74, 6) is -0.218. The molecule has 0 saturated carbocycles. The molecule has 1 aromatic rings. The smallest absolute Gasteiger partial charge is 0.253 e. The fraction of sp³-hybridized carbons (Fsp3) is 0.579. The van der Waals surface area contributed by atoms with E-state index in [1.807, 2.05) is 34.1 Å². The van der Waals surface area contributed by atoms with Gasteiger partial charge in [0.25, 0.3) is 5.91 Å². The van der Waals surface area contributed by atoms with Gasteiger partial charge in [0.1, 0.15) is 0 Å². The molecule has 0 aliphatic carbocycles. The van der Waals surface area contributed by atoms with Crippen LogP contribution in [0.2, 0.25) is 0 Å². The Morgan fingerprint density at radius 2 is 2.00 bits per heavy atom. The summed E-state index contributed by atoms with van der Waals surface area (Å²) < 4.78 is 5.39. The molecule has 2 atom stereocenters. The largest absolute Gasteiger partial charge is 0.380 e. The van der Waals surface area contributed by atoms with Gasteiger partial charge in [-0.3, -0.25) is 14.5 Å². The molecule has 2 N–H and O–H groups in total. The van der Waals surface area contributed by atoms with Gasteiger partial charge in [-0.05, 0) is 43.4 Å². The molecular weight excluding hydrogens is 318 g/mol. The SMILES string of the molecule is CO[C@H]1C[C@@H](C(N)=O)N(Cc2cccc(C(=O)N3CCCCC3)c2)C1. The number of rotatable bonds is 5. The van der Waals surface area contributed by atoms with Crippen molar-refractivity contribution < 1.29 is 14.3 Å². The number of primary amides is 1. The third-order valence-electron chi connectivity index (χ3n) is 5.23. The summed E-state index contributed by atoms with van der Waals surface area (Å²) >= 11 is 0. The average Bonchev–Trinajstić information content (AvgIpc) is 3.05. The van der Waals surface area contributed by atoms with Gasteiger partial charge in [-0.25, -0.2) is 0 Å². The van der Waals surface area contributed by atoms with Gasteiger partial charge in [0.05, 0.1) is 12.1 Å². The van der Waals surface area contributed by atoms with Gasteiger partial charge in [0.15, 0.2) is 0 Å². The van der Waals surface area contributed by atoms with Crippen LogP contribution in [0, 0.1) is 0 Å². The molecule has 0 radical (unpaired) electrons. The highest BCUT2D eigenvalue weighted by Gasteiger charge is 2.35. The molecule has 2 saturated heterocycles. The van der Waals surface area contributed by atoms with Gasteiger partial charge in [-0.2, -0.15) is 0 Å². The van der Waals surface area contributed by atoms with Crippen molar-refractivity contribution in [3.63, 3.8) is 0 Å². The molecule has 136 valence electrons. The Labute approximate surface area is 148 Å². The fourth-order valence-corrected chi connectivity index (χ4v) is 3.82. The monoisotopic (exact) mass is 345 g/mol. The van der Waals surface area contributed by atoms with E-state index in [1.54, 1.807) is 7.11 Å². The van der Waals surface area contributed by atoms with E-state index >= 15 is 0 Å². The van der Waals surface area contributed by atoms with Gasteiger partial charge in [-0.1, -0.05) is 12.1 Å². The lowest BCUT2D eigenvalue weighted by Gasteiger charge is -2.27. The summed E-state index contributed by atoms with van der Waals surface area (Å²) in [6, 6.07) is 7.40. The summed E-state index contributed by atoms with van der Waals surface area (Å²) in [6.45, 7) is 2.95. The molecule has 3 rings (SSSR count). The molecule has 0 aromatic heterocycles. The van der Waals surface area contributed by atoms with Crippen molar-refractivity contribution >= 4 is 11.8 Å². The van der Waals surface area contributed by atoms with Crippen LogP contribution < -0.4 is 5.73 Å². The quantitative estimate of drug-likeness (QED) is 0.875. The van der Waals surface area contributed by atoms with E-state index in [0.29, 0.717) is 19.5 Å². The van der Waals surface area contributed by atoms with E-state index in [-0.39, 0.29) is 24.0 Å². The number of methoxy groups -OCH3 is 1. The Bertz CT molecular complexity index is 628. The molecule has 0 spiro atoms. The minimum absolute atomic E-state index is 0.0238. The number of hydrogen-bond donors (Lipinski definition) is 1. The maximum absolute atomic E-state index is 12.7. The summed E-state index contributed by atoms with van der Waals surface area (Å²) in [6.07, 6.45) is 4.01. The van der Waals surface area contributed by atoms with E-state index < -0.39 is 0 Å². The number of amides is 2. The molecule has 0 bridgehead atoms. The molecule has 2 heterocycles. The number of ether oxygens (including phenoxy) is 1. The minimum atomic E-state index is -0.319. The number of carbonyl (C=O) groups is 2. The van der Waals surface area contributed by atoms with Crippen LogP contribution in [-0.2, 0) is 16.1 Å². The number of benzene rings is 1. The highest BCUT2D eigenvalue weighted by atomic mass is 16.5. The third kappa shape index (κ3) is 4.19. The fourth-order valence-electron chi connectivity index (χ4n) is 3.82. The van der Waals surface area contributed by atoms with Gasteiger partial charge in [0, 0.05) is 38.9 Å². The van der Waals surface area contributed by atoms with Crippen LogP contribution in [0.4, 0.5) is 0 Å². The van der Waals surface area contributed by atoms with Crippen molar-refractivity contribution in [3.8, 4) is 0 Å². The topological polar surface area (TPSA) is 75.9 Å². The zero-order valence-corrected chi connectivity index (χ0v) is 14.8. The minimum Gasteiger partial charge on any atom is -0.380 e. The van der Waals surface area contributed by atoms with Gasteiger partial charge >= 0.3 is 0 Å². The number of nitrogens with zero attached hydrogens (tertiary/aromatic N) is 2. The molecule has 0 unspecified atom stereocenters. The first-order chi connectivity index (χ1) is 12.1. The Balaban J connectivity index is 1.70. The standard InChI is InChI=1S/C19H27N3O3/c1-25-16-11-17(18(20)23)22(13-16)12-14-6-5-7-15(10-14)19(24)21-8-3-2-4-9-21/h5-7,10,16-17H,2-4,8-9,11-13H2,1H3,(H2,20,23)/t16-,17-/m0/s1. The zero-order valence-electron chi connectivity index (χ0n) is 14.8. The predicted octanol–water partition coefficient (Wildman–Crippen LogP) is 1.39. The van der Waals surface area contributed by atoms with Crippen LogP contribution in [0.3, 0.4) is 0 Å². The maximum Gasteiger partial charge on any atom is 0.253 e. The van der Waals surface area contributed by atoms with Crippen molar-refractivity contribution in [2.24, 2.45) is 5.73 Å². The molecule has 25 heavy (non-hydrogen) atoms. The summed E-state index contributed by atoms with van der Waals surface area (Å²) in [5, 5.41) is 0. The van der Waals surface area contributed by atoms with Crippen LogP contribution in [0.25, 0.3) is 0 Å². The van der Waals surface area contributed by atoms with Gasteiger partial charge in [0.2, 0.25) is 5.91 Å². The summed E-state index contributed by atoms with van der Waals surface area (Å²) in [7, 11) is 1.66. The molecule has 6 nitrogen and oxygen atoms in total. The highest BCUT2D eigenvalue weighted by Crippen LogP contribution is 2.23. The molecule has 2 aliphatic rings. The second-order valence-corrected chi connectivity index (χ2v) is 6.99. The molecule has 6 heteroatoms. The maximum atomic E-state index is 12.7. The normalized spacial score (nSPS) is 24.4. The lowest BCUT2D eigenvalue weighted by Crippen LogP contribution is -2.39. The first-order valence-corrected chi connectivity index (χ1v) is 9.03. The van der Waals surface area contributed by atoms with E-state index in [1.165, 1.54) is 6.42 Å². The Morgan fingerprint density at radius 3 is 2.68 bits per heavy atom. The van der Waals surface area contributed by atoms with Crippen molar-refractivity contribution in [3.05, 3.63) is 35.4 Å². The van der Waals surface area contributed by atoms with Crippen molar-refractivity contribution in [2.75, 3.05) is 26.7 Å². The van der Waals surface area contributed by atoms with Crippen LogP contribution >= 0.6 is 0 Å². The first-order valence-electron chi connectivity index (χ1n) is 9.03. The zero-order chi connectivity index (χ0) is 17.8. The number of hydrogen-bond acceptors (Lipinski definition) is 4. The number of nitrogens with two attached hydrogens (primary N) is 1. The molecule has 2 amide bonds. The Hall–Kier alpha value is -1.92. The molecule has 1 aromatic carbocycles. The predicted molar refractivity (Wildman–Crippen MR) is 95.0 cm³/mol. The van der Waals surface area contributed by atoms with Crippen molar-refractivity contribution in [2.45, 2.75) is 44.4 Å². The molecule has 2 fully saturated rings. The van der Waals surface area contributed by atoms with E-state index in [0.717, 1.165) is 37.1 Å². The number of likely N-dealkylation sites (tertiary alicyclic amines) is 2. The van der Waals surface area contributed by atoms with E-state index in [2.05, 4.69) is 0 Å². The van der Waals surface area contributed by atoms with E-state index in [9.17, 15) is 9.59 Å². The average molecular weight is 345 g/mol. The second kappa shape index (κ2) is 7.97. The first kappa shape index (κ1) is 17.9. The summed E-state index contributed by atoms with van der Waals surface area (Å²) in [5.41, 5.74) is 7.28. The van der Waals surface area contributed by atoms with Gasteiger partial charge in [-0.15, -0.1) is 0 Å². The van der Waals surface area contributed by atoms with Crippen molar-refractivity contribution in [1.29, 1.82) is 0 Å². The van der Waals surface area contributed by atoms with E-state index in [4.69, 9.17) is 10.5 Å². The van der Waals surface area contributed by atoms with Crippen LogP contribution in [0.15, 0.2) is 24.3 Å². The van der Waals surface area contributed by atoms with Crippen LogP contribution in [0.5, 0.6) is 0 Å². The summed E-state index contributed by atoms with van der Waals surface area (Å²) in [4.78, 5) is 28.4. The van der Waals surface area contributed by atoms with Crippen LogP contribution in [-0.4, -0.2) is 60.5 Å². The lowest BCUT2D eigenvalue weighted by atomic mass is 10.1. The Kier molecular flexibility index (Phi) is 5.71. The van der Waals surface area contributed by atoms with Crippen LogP contribution in [0.1, 0.15) is 41.6 Å². The van der Waals surface area contributed by atoms with Gasteiger partial charge < -0.3 is 15.4 Å². The molecule has 2 aliphatic heterocycles. The lowest BCUT2D eigenvalue weighted by molar-refractivity contribution is -0.122. The number of carbonyl (C=O) groups excluding carboxylic acids is 2. The van der Waals surface area contributed by atoms with Crippen molar-refractivity contribution in [1.82, 2.24) is 9.80 Å². The number of piperidine rings is 1. The second-order valence-electron chi connectivity index (χ2n) is 6.99. The third-order valence-corrected chi connectivity index (χ3v) is 5.23.